The average Bonchev–Trinajstić information content (AvgIpc) is 2.40. The van der Waals surface area contributed by atoms with Gasteiger partial charge in [0.15, 0.2) is 0 Å². The summed E-state index contributed by atoms with van der Waals surface area (Å²) in [5.74, 6) is -0.579. The maximum absolute atomic E-state index is 12.1. The molecule has 0 saturated carbocycles. The first-order chi connectivity index (χ1) is 9.54. The highest BCUT2D eigenvalue weighted by atomic mass is 16.2. The van der Waals surface area contributed by atoms with Gasteiger partial charge in [-0.1, -0.05) is 30.3 Å². The Labute approximate surface area is 119 Å². The van der Waals surface area contributed by atoms with Crippen molar-refractivity contribution >= 4 is 11.8 Å². The van der Waals surface area contributed by atoms with Gasteiger partial charge in [-0.2, -0.15) is 0 Å². The van der Waals surface area contributed by atoms with E-state index in [0.717, 1.165) is 5.56 Å². The molecule has 20 heavy (non-hydrogen) atoms. The van der Waals surface area contributed by atoms with Gasteiger partial charge in [0.05, 0.1) is 5.92 Å². The van der Waals surface area contributed by atoms with Gasteiger partial charge in [-0.05, 0) is 19.4 Å². The van der Waals surface area contributed by atoms with Crippen molar-refractivity contribution in [3.8, 4) is 0 Å². The highest BCUT2D eigenvalue weighted by Gasteiger charge is 2.18. The maximum Gasteiger partial charge on any atom is 0.228 e. The Morgan fingerprint density at radius 3 is 2.40 bits per heavy atom. The summed E-state index contributed by atoms with van der Waals surface area (Å²) in [6.07, 6.45) is 0.274. The summed E-state index contributed by atoms with van der Waals surface area (Å²) in [4.78, 5) is 23.5. The Hall–Kier alpha value is -1.88. The predicted molar refractivity (Wildman–Crippen MR) is 79.1 cm³/mol. The van der Waals surface area contributed by atoms with Crippen LogP contribution in [0.15, 0.2) is 30.3 Å². The first kappa shape index (κ1) is 16.2. The van der Waals surface area contributed by atoms with Gasteiger partial charge in [-0.15, -0.1) is 0 Å². The third kappa shape index (κ3) is 5.40. The molecule has 0 bridgehead atoms. The van der Waals surface area contributed by atoms with Crippen molar-refractivity contribution in [2.75, 3.05) is 13.1 Å². The van der Waals surface area contributed by atoms with Crippen molar-refractivity contribution in [3.63, 3.8) is 0 Å². The van der Waals surface area contributed by atoms with Crippen LogP contribution in [0.1, 0.15) is 31.7 Å². The lowest BCUT2D eigenvalue weighted by Crippen LogP contribution is -2.37. The molecule has 0 aliphatic heterocycles. The molecule has 5 nitrogen and oxygen atoms in total. The van der Waals surface area contributed by atoms with E-state index in [4.69, 9.17) is 5.73 Å². The Kier molecular flexibility index (Phi) is 6.73. The van der Waals surface area contributed by atoms with Crippen molar-refractivity contribution < 1.29 is 9.59 Å². The summed E-state index contributed by atoms with van der Waals surface area (Å²) in [5, 5.41) is 5.53. The molecule has 110 valence electrons. The number of nitrogens with two attached hydrogens (primary N) is 1. The monoisotopic (exact) mass is 277 g/mol. The highest BCUT2D eigenvalue weighted by molar-refractivity contribution is 5.84. The minimum atomic E-state index is -0.371. The van der Waals surface area contributed by atoms with Gasteiger partial charge < -0.3 is 16.4 Å². The van der Waals surface area contributed by atoms with E-state index in [2.05, 4.69) is 10.6 Å². The Bertz CT molecular complexity index is 432. The van der Waals surface area contributed by atoms with Gasteiger partial charge in [0, 0.05) is 25.6 Å². The number of carbonyl (C=O) groups is 2. The molecule has 2 amide bonds. The molecule has 4 N–H and O–H groups in total. The van der Waals surface area contributed by atoms with Crippen LogP contribution in [0.5, 0.6) is 0 Å². The van der Waals surface area contributed by atoms with Crippen LogP contribution in [-0.4, -0.2) is 30.9 Å². The molecule has 0 saturated heterocycles. The summed E-state index contributed by atoms with van der Waals surface area (Å²) in [6.45, 7) is 4.36. The first-order valence-electron chi connectivity index (χ1n) is 6.86. The molecule has 0 heterocycles. The topological polar surface area (TPSA) is 84.2 Å². The largest absolute Gasteiger partial charge is 0.355 e. The van der Waals surface area contributed by atoms with Crippen LogP contribution in [0.2, 0.25) is 0 Å². The van der Waals surface area contributed by atoms with Gasteiger partial charge in [-0.3, -0.25) is 9.59 Å². The Morgan fingerprint density at radius 1 is 1.20 bits per heavy atom. The summed E-state index contributed by atoms with van der Waals surface area (Å²) in [7, 11) is 0. The predicted octanol–water partition coefficient (Wildman–Crippen LogP) is 0.760. The fourth-order valence-electron chi connectivity index (χ4n) is 1.90. The van der Waals surface area contributed by atoms with E-state index in [0.29, 0.717) is 6.54 Å². The van der Waals surface area contributed by atoms with Crippen LogP contribution in [0.4, 0.5) is 0 Å². The van der Waals surface area contributed by atoms with Crippen LogP contribution in [0.3, 0.4) is 0 Å². The second-order valence-corrected chi connectivity index (χ2v) is 4.96. The zero-order valence-corrected chi connectivity index (χ0v) is 12.1. The minimum absolute atomic E-state index is 0.0655. The van der Waals surface area contributed by atoms with E-state index >= 15 is 0 Å². The molecule has 0 radical (unpaired) electrons. The lowest BCUT2D eigenvalue weighted by molar-refractivity contribution is -0.123. The molecule has 1 unspecified atom stereocenters. The molecule has 0 aliphatic rings. The molecule has 5 heteroatoms. The van der Waals surface area contributed by atoms with Gasteiger partial charge >= 0.3 is 0 Å². The summed E-state index contributed by atoms with van der Waals surface area (Å²) in [5.41, 5.74) is 6.55. The number of hydrogen-bond donors (Lipinski definition) is 3. The number of rotatable bonds is 7. The number of nitrogens with one attached hydrogen (secondary N) is 2. The third-order valence-electron chi connectivity index (χ3n) is 2.86. The molecular formula is C15H23N3O2. The molecule has 1 atom stereocenters. The standard InChI is InChI=1S/C15H23N3O2/c1-11(2)18-14(19)8-9-17-15(20)13(10-16)12-6-4-3-5-7-12/h3-7,11,13H,8-10,16H2,1-2H3,(H,17,20)(H,18,19). The second-order valence-electron chi connectivity index (χ2n) is 4.96. The minimum Gasteiger partial charge on any atom is -0.355 e. The van der Waals surface area contributed by atoms with Crippen LogP contribution in [-0.2, 0) is 9.59 Å². The second kappa shape index (κ2) is 8.32. The normalized spacial score (nSPS) is 12.0. The van der Waals surface area contributed by atoms with Crippen LogP contribution in [0, 0.1) is 0 Å². The van der Waals surface area contributed by atoms with E-state index in [-0.39, 0.29) is 36.7 Å². The molecule has 0 aliphatic carbocycles. The van der Waals surface area contributed by atoms with Crippen LogP contribution >= 0.6 is 0 Å². The third-order valence-corrected chi connectivity index (χ3v) is 2.86. The molecule has 1 aromatic rings. The van der Waals surface area contributed by atoms with Crippen molar-refractivity contribution in [3.05, 3.63) is 35.9 Å². The fourth-order valence-corrected chi connectivity index (χ4v) is 1.90. The van der Waals surface area contributed by atoms with Crippen molar-refractivity contribution in [2.24, 2.45) is 5.73 Å². The van der Waals surface area contributed by atoms with Gasteiger partial charge in [0.2, 0.25) is 11.8 Å². The summed E-state index contributed by atoms with van der Waals surface area (Å²) >= 11 is 0. The Morgan fingerprint density at radius 2 is 1.85 bits per heavy atom. The van der Waals surface area contributed by atoms with Gasteiger partial charge in [0.1, 0.15) is 0 Å². The quantitative estimate of drug-likeness (QED) is 0.688. The number of carbonyl (C=O) groups excluding carboxylic acids is 2. The fraction of sp³-hybridized carbons (Fsp3) is 0.467. The number of amides is 2. The van der Waals surface area contributed by atoms with E-state index < -0.39 is 0 Å². The maximum atomic E-state index is 12.1. The highest BCUT2D eigenvalue weighted by Crippen LogP contribution is 2.13. The van der Waals surface area contributed by atoms with Crippen molar-refractivity contribution in [1.82, 2.24) is 10.6 Å². The lowest BCUT2D eigenvalue weighted by atomic mass is 9.98. The molecule has 0 aromatic heterocycles. The SMILES string of the molecule is CC(C)NC(=O)CCNC(=O)C(CN)c1ccccc1. The van der Waals surface area contributed by atoms with E-state index in [1.54, 1.807) is 0 Å². The zero-order valence-electron chi connectivity index (χ0n) is 12.1. The van der Waals surface area contributed by atoms with E-state index in [1.165, 1.54) is 0 Å². The van der Waals surface area contributed by atoms with Crippen molar-refractivity contribution in [2.45, 2.75) is 32.2 Å². The summed E-state index contributed by atoms with van der Waals surface area (Å²) < 4.78 is 0. The molecule has 0 spiro atoms. The zero-order chi connectivity index (χ0) is 15.0. The smallest absolute Gasteiger partial charge is 0.228 e. The average molecular weight is 277 g/mol. The van der Waals surface area contributed by atoms with Crippen LogP contribution < -0.4 is 16.4 Å². The lowest BCUT2D eigenvalue weighted by Gasteiger charge is -2.15. The van der Waals surface area contributed by atoms with Gasteiger partial charge in [-0.25, -0.2) is 0 Å². The molecular weight excluding hydrogens is 254 g/mol. The molecule has 0 fully saturated rings. The number of hydrogen-bond acceptors (Lipinski definition) is 3. The Balaban J connectivity index is 2.43. The molecule has 1 aromatic carbocycles. The molecule has 1 rings (SSSR count). The number of benzene rings is 1. The van der Waals surface area contributed by atoms with E-state index in [1.807, 2.05) is 44.2 Å². The summed E-state index contributed by atoms with van der Waals surface area (Å²) in [6, 6.07) is 9.51. The van der Waals surface area contributed by atoms with Crippen molar-refractivity contribution in [1.29, 1.82) is 0 Å². The van der Waals surface area contributed by atoms with Gasteiger partial charge in [0.25, 0.3) is 0 Å². The van der Waals surface area contributed by atoms with E-state index in [9.17, 15) is 9.59 Å². The first-order valence-corrected chi connectivity index (χ1v) is 6.86. The van der Waals surface area contributed by atoms with Crippen LogP contribution in [0.25, 0.3) is 0 Å².